The Hall–Kier alpha value is -1.30. The van der Waals surface area contributed by atoms with Gasteiger partial charge in [-0.15, -0.1) is 0 Å². The summed E-state index contributed by atoms with van der Waals surface area (Å²) >= 11 is 0. The Morgan fingerprint density at radius 2 is 2.10 bits per heavy atom. The second kappa shape index (κ2) is 7.11. The fourth-order valence-electron chi connectivity index (χ4n) is 2.98. The van der Waals surface area contributed by atoms with E-state index >= 15 is 0 Å². The van der Waals surface area contributed by atoms with Crippen molar-refractivity contribution in [3.63, 3.8) is 0 Å². The lowest BCUT2D eigenvalue weighted by molar-refractivity contribution is -0.123. The largest absolute Gasteiger partial charge is 0.381 e. The molecule has 0 aromatic carbocycles. The second-order valence-electron chi connectivity index (χ2n) is 6.39. The van der Waals surface area contributed by atoms with Gasteiger partial charge in [-0.1, -0.05) is 13.8 Å². The van der Waals surface area contributed by atoms with Gasteiger partial charge in [0.1, 0.15) is 0 Å². The second-order valence-corrected chi connectivity index (χ2v) is 6.39. The maximum atomic E-state index is 11.5. The molecule has 0 radical (unpaired) electrons. The zero-order valence-corrected chi connectivity index (χ0v) is 13.4. The van der Waals surface area contributed by atoms with Crippen LogP contribution in [0.4, 0.5) is 0 Å². The molecule has 120 valence electrons. The van der Waals surface area contributed by atoms with Gasteiger partial charge in [-0.3, -0.25) is 9.79 Å². The first-order valence-electron chi connectivity index (χ1n) is 7.87. The lowest BCUT2D eigenvalue weighted by atomic mass is 9.87. The van der Waals surface area contributed by atoms with Crippen LogP contribution < -0.4 is 10.6 Å². The Balaban J connectivity index is 1.73. The number of aliphatic imine (C=N–C) groups is 1. The summed E-state index contributed by atoms with van der Waals surface area (Å²) in [5.41, 5.74) is 0.337. The van der Waals surface area contributed by atoms with Crippen molar-refractivity contribution < 1.29 is 9.53 Å². The molecule has 2 N–H and O–H groups in total. The molecule has 2 saturated heterocycles. The summed E-state index contributed by atoms with van der Waals surface area (Å²) in [6, 6.07) is 0. The molecule has 0 saturated carbocycles. The summed E-state index contributed by atoms with van der Waals surface area (Å²) in [4.78, 5) is 18.1. The summed E-state index contributed by atoms with van der Waals surface area (Å²) in [6.45, 7) is 8.94. The first-order valence-corrected chi connectivity index (χ1v) is 7.87. The van der Waals surface area contributed by atoms with Gasteiger partial charge in [0.05, 0.1) is 6.61 Å². The molecule has 1 spiro atoms. The highest BCUT2D eigenvalue weighted by atomic mass is 16.5. The molecule has 0 aromatic heterocycles. The summed E-state index contributed by atoms with van der Waals surface area (Å²) in [5.74, 6) is 1.05. The number of carbonyl (C=O) groups is 1. The van der Waals surface area contributed by atoms with Gasteiger partial charge in [0.2, 0.25) is 5.91 Å². The van der Waals surface area contributed by atoms with Crippen molar-refractivity contribution in [3.8, 4) is 0 Å². The number of rotatable bonds is 4. The highest BCUT2D eigenvalue weighted by molar-refractivity contribution is 5.80. The summed E-state index contributed by atoms with van der Waals surface area (Å²) in [5, 5.41) is 6.24. The van der Waals surface area contributed by atoms with Crippen LogP contribution in [0.5, 0.6) is 0 Å². The van der Waals surface area contributed by atoms with Crippen LogP contribution in [0.3, 0.4) is 0 Å². The molecule has 0 aromatic rings. The van der Waals surface area contributed by atoms with Crippen LogP contribution in [0.2, 0.25) is 0 Å². The fraction of sp³-hybridized carbons (Fsp3) is 0.867. The maximum absolute atomic E-state index is 11.5. The van der Waals surface area contributed by atoms with E-state index in [1.54, 1.807) is 0 Å². The van der Waals surface area contributed by atoms with Crippen molar-refractivity contribution in [1.29, 1.82) is 0 Å². The van der Waals surface area contributed by atoms with Crippen LogP contribution in [0.1, 0.15) is 26.7 Å². The Bertz CT molecular complexity index is 389. The number of nitrogens with zero attached hydrogens (tertiary/aromatic N) is 2. The quantitative estimate of drug-likeness (QED) is 0.449. The first-order chi connectivity index (χ1) is 10.1. The van der Waals surface area contributed by atoms with Gasteiger partial charge >= 0.3 is 0 Å². The van der Waals surface area contributed by atoms with Gasteiger partial charge < -0.3 is 20.3 Å². The Morgan fingerprint density at radius 1 is 1.33 bits per heavy atom. The molecule has 1 unspecified atom stereocenters. The number of nitrogens with one attached hydrogen (secondary N) is 2. The Morgan fingerprint density at radius 3 is 2.71 bits per heavy atom. The first kappa shape index (κ1) is 16.1. The highest BCUT2D eigenvalue weighted by Crippen LogP contribution is 2.37. The average Bonchev–Trinajstić information content (AvgIpc) is 3.09. The van der Waals surface area contributed by atoms with E-state index in [1.807, 2.05) is 20.9 Å². The van der Waals surface area contributed by atoms with Crippen LogP contribution in [0, 0.1) is 11.3 Å². The number of hydrogen-bond acceptors (Lipinski definition) is 3. The number of hydrogen-bond donors (Lipinski definition) is 2. The molecular weight excluding hydrogens is 268 g/mol. The van der Waals surface area contributed by atoms with Crippen molar-refractivity contribution in [1.82, 2.24) is 15.5 Å². The number of ether oxygens (including phenoxy) is 1. The van der Waals surface area contributed by atoms with Crippen molar-refractivity contribution in [3.05, 3.63) is 0 Å². The average molecular weight is 296 g/mol. The molecule has 1 atom stereocenters. The molecule has 1 amide bonds. The molecule has 0 aliphatic carbocycles. The smallest absolute Gasteiger partial charge is 0.222 e. The molecule has 2 aliphatic rings. The lowest BCUT2D eigenvalue weighted by Crippen LogP contribution is -2.44. The molecule has 2 rings (SSSR count). The van der Waals surface area contributed by atoms with E-state index in [2.05, 4.69) is 20.5 Å². The van der Waals surface area contributed by atoms with Crippen molar-refractivity contribution >= 4 is 11.9 Å². The molecule has 2 aliphatic heterocycles. The van der Waals surface area contributed by atoms with E-state index in [0.717, 1.165) is 38.7 Å². The van der Waals surface area contributed by atoms with Gasteiger partial charge in [-0.05, 0) is 12.8 Å². The number of carbonyl (C=O) groups excluding carboxylic acids is 1. The van der Waals surface area contributed by atoms with Crippen molar-refractivity contribution in [2.45, 2.75) is 26.7 Å². The standard InChI is InChI=1S/C15H28N4O2/c1-12(2)13(20)17-6-7-18-14(16-3)19-8-4-15(10-19)5-9-21-11-15/h12H,4-11H2,1-3H3,(H,16,18)(H,17,20). The summed E-state index contributed by atoms with van der Waals surface area (Å²) < 4.78 is 5.56. The molecular formula is C15H28N4O2. The third-order valence-corrected chi connectivity index (χ3v) is 4.37. The van der Waals surface area contributed by atoms with Crippen LogP contribution in [0.15, 0.2) is 4.99 Å². The molecule has 2 fully saturated rings. The summed E-state index contributed by atoms with van der Waals surface area (Å²) in [6.07, 6.45) is 2.34. The van der Waals surface area contributed by atoms with E-state index in [4.69, 9.17) is 4.74 Å². The molecule has 0 bridgehead atoms. The molecule has 21 heavy (non-hydrogen) atoms. The van der Waals surface area contributed by atoms with Crippen molar-refractivity contribution in [2.75, 3.05) is 46.4 Å². The molecule has 6 nitrogen and oxygen atoms in total. The minimum absolute atomic E-state index is 0.0325. The minimum Gasteiger partial charge on any atom is -0.381 e. The predicted molar refractivity (Wildman–Crippen MR) is 83.3 cm³/mol. The number of guanidine groups is 1. The van der Waals surface area contributed by atoms with E-state index in [-0.39, 0.29) is 11.8 Å². The molecule has 2 heterocycles. The Kier molecular flexibility index (Phi) is 5.45. The van der Waals surface area contributed by atoms with E-state index < -0.39 is 0 Å². The van der Waals surface area contributed by atoms with Gasteiger partial charge in [0.25, 0.3) is 0 Å². The van der Waals surface area contributed by atoms with Gasteiger partial charge in [-0.25, -0.2) is 0 Å². The predicted octanol–water partition coefficient (Wildman–Crippen LogP) is 0.446. The third kappa shape index (κ3) is 4.09. The monoisotopic (exact) mass is 296 g/mol. The van der Waals surface area contributed by atoms with Crippen LogP contribution in [-0.2, 0) is 9.53 Å². The van der Waals surface area contributed by atoms with Crippen molar-refractivity contribution in [2.24, 2.45) is 16.3 Å². The lowest BCUT2D eigenvalue weighted by Gasteiger charge is -2.25. The SMILES string of the molecule is CN=C(NCCNC(=O)C(C)C)N1CCC2(CCOC2)C1. The zero-order chi connectivity index (χ0) is 15.3. The normalized spacial score (nSPS) is 25.9. The van der Waals surface area contributed by atoms with E-state index in [1.165, 1.54) is 6.42 Å². The van der Waals surface area contributed by atoms with Gasteiger partial charge in [0, 0.05) is 51.2 Å². The topological polar surface area (TPSA) is 66.0 Å². The van der Waals surface area contributed by atoms with Gasteiger partial charge in [-0.2, -0.15) is 0 Å². The van der Waals surface area contributed by atoms with Crippen LogP contribution in [0.25, 0.3) is 0 Å². The minimum atomic E-state index is 0.0325. The summed E-state index contributed by atoms with van der Waals surface area (Å²) in [7, 11) is 1.81. The van der Waals surface area contributed by atoms with E-state index in [9.17, 15) is 4.79 Å². The molecule has 6 heteroatoms. The van der Waals surface area contributed by atoms with Gasteiger partial charge in [0.15, 0.2) is 5.96 Å². The third-order valence-electron chi connectivity index (χ3n) is 4.37. The van der Waals surface area contributed by atoms with Crippen LogP contribution in [-0.4, -0.2) is 63.2 Å². The highest BCUT2D eigenvalue weighted by Gasteiger charge is 2.42. The fourth-order valence-corrected chi connectivity index (χ4v) is 2.98. The maximum Gasteiger partial charge on any atom is 0.222 e. The van der Waals surface area contributed by atoms with E-state index in [0.29, 0.717) is 18.5 Å². The Labute approximate surface area is 127 Å². The zero-order valence-electron chi connectivity index (χ0n) is 13.4. The number of amides is 1. The number of likely N-dealkylation sites (tertiary alicyclic amines) is 1. The van der Waals surface area contributed by atoms with Crippen LogP contribution >= 0.6 is 0 Å².